The van der Waals surface area contributed by atoms with Crippen molar-refractivity contribution in [1.82, 2.24) is 0 Å². The van der Waals surface area contributed by atoms with Gasteiger partial charge in [0.05, 0.1) is 22.3 Å². The van der Waals surface area contributed by atoms with Gasteiger partial charge in [-0.1, -0.05) is 104 Å². The van der Waals surface area contributed by atoms with Crippen LogP contribution in [0.2, 0.25) is 13.1 Å². The summed E-state index contributed by atoms with van der Waals surface area (Å²) in [6.07, 6.45) is -17.8. The molecule has 6 aromatic carbocycles. The molecule has 0 N–H and O–H groups in total. The van der Waals surface area contributed by atoms with E-state index in [9.17, 15) is 52.7 Å². The fourth-order valence-corrected chi connectivity index (χ4v) is 7.49. The van der Waals surface area contributed by atoms with Crippen molar-refractivity contribution in [2.45, 2.75) is 130 Å². The predicted molar refractivity (Wildman–Crippen MR) is 245 cm³/mol. The van der Waals surface area contributed by atoms with Crippen molar-refractivity contribution in [3.05, 3.63) is 129 Å². The fraction of sp³-hybridized carbons (Fsp3) is 0.400. The Morgan fingerprint density at radius 1 is 0.485 bits per heavy atom. The molecule has 0 spiro atoms. The van der Waals surface area contributed by atoms with Crippen LogP contribution in [0.15, 0.2) is 84.9 Å². The van der Waals surface area contributed by atoms with Crippen molar-refractivity contribution in [1.29, 1.82) is 0 Å². The number of alkyl halides is 12. The monoisotopic (exact) mass is 1070 g/mol. The average molecular weight is 1070 g/mol. The van der Waals surface area contributed by atoms with E-state index in [-0.39, 0.29) is 46.9 Å². The van der Waals surface area contributed by atoms with E-state index in [0.717, 1.165) is 79.7 Å². The van der Waals surface area contributed by atoms with Gasteiger partial charge in [-0.2, -0.15) is 64.8 Å². The SMILES string of the molecule is CCC(C)c1cc2c(-c3cc(C(F)(F)F)cc(C(F)(F)F)c3)c(C(C)C)ccc2[cH-]1.CCC(C)c1cc2c(-c3cc(C(F)(F)F)cc(C(F)(F)F)c3)c(C(C)C)ccc2[cH-]1.C[Si]C.[Cl][Zr+2][Cl]. The molecular weight excluding hydrogens is 1020 g/mol. The van der Waals surface area contributed by atoms with Gasteiger partial charge in [0.25, 0.3) is 0 Å². The predicted octanol–water partition coefficient (Wildman–Crippen LogP) is 20.0. The summed E-state index contributed by atoms with van der Waals surface area (Å²) in [5, 5.41) is 3.00. The second-order valence-electron chi connectivity index (χ2n) is 16.7. The molecule has 0 saturated heterocycles. The second kappa shape index (κ2) is 23.5. The number of fused-ring (bicyclic) bond motifs is 2. The third kappa shape index (κ3) is 14.5. The first-order valence-electron chi connectivity index (χ1n) is 21.1. The van der Waals surface area contributed by atoms with Crippen molar-refractivity contribution in [2.24, 2.45) is 0 Å². The zero-order chi connectivity index (χ0) is 50.3. The third-order valence-electron chi connectivity index (χ3n) is 11.2. The average Bonchev–Trinajstić information content (AvgIpc) is 3.87. The molecule has 6 aromatic rings. The molecule has 0 bridgehead atoms. The van der Waals surface area contributed by atoms with Crippen molar-refractivity contribution < 1.29 is 73.5 Å². The van der Waals surface area contributed by atoms with Gasteiger partial charge in [0, 0.05) is 9.52 Å². The van der Waals surface area contributed by atoms with E-state index in [0.29, 0.717) is 21.9 Å². The van der Waals surface area contributed by atoms with Crippen molar-refractivity contribution in [2.75, 3.05) is 0 Å². The first-order valence-corrected chi connectivity index (χ1v) is 29.4. The molecule has 0 fully saturated rings. The van der Waals surface area contributed by atoms with Crippen LogP contribution in [0.4, 0.5) is 52.7 Å². The third-order valence-corrected chi connectivity index (χ3v) is 11.2. The molecule has 66 heavy (non-hydrogen) atoms. The van der Waals surface area contributed by atoms with Crippen LogP contribution in [-0.4, -0.2) is 9.52 Å². The first kappa shape index (κ1) is 57.3. The van der Waals surface area contributed by atoms with Gasteiger partial charge in [-0.3, -0.25) is 0 Å². The summed E-state index contributed by atoms with van der Waals surface area (Å²) in [5.74, 6) is 0.324. The van der Waals surface area contributed by atoms with Gasteiger partial charge in [-0.05, 0) is 71.2 Å². The van der Waals surface area contributed by atoms with E-state index >= 15 is 0 Å². The summed E-state index contributed by atoms with van der Waals surface area (Å²) >= 11 is -0.826. The van der Waals surface area contributed by atoms with Crippen molar-refractivity contribution in [3.8, 4) is 22.3 Å². The van der Waals surface area contributed by atoms with Gasteiger partial charge in [-0.15, -0.1) is 69.1 Å². The summed E-state index contributed by atoms with van der Waals surface area (Å²) in [4.78, 5) is 0. The van der Waals surface area contributed by atoms with Crippen LogP contribution < -0.4 is 0 Å². The van der Waals surface area contributed by atoms with Crippen LogP contribution in [0.3, 0.4) is 0 Å². The molecule has 0 amide bonds. The molecule has 0 heterocycles. The Morgan fingerprint density at radius 3 is 0.955 bits per heavy atom. The number of hydrogen-bond acceptors (Lipinski definition) is 0. The molecule has 6 rings (SSSR count). The second-order valence-corrected chi connectivity index (χ2v) is 21.5. The first-order chi connectivity index (χ1) is 30.5. The summed E-state index contributed by atoms with van der Waals surface area (Å²) in [5.41, 5.74) is -0.952. The van der Waals surface area contributed by atoms with Gasteiger partial charge in [-0.25, -0.2) is 0 Å². The molecule has 358 valence electrons. The zero-order valence-corrected chi connectivity index (χ0v) is 43.1. The van der Waals surface area contributed by atoms with E-state index in [4.69, 9.17) is 17.0 Å². The molecule has 2 atom stereocenters. The van der Waals surface area contributed by atoms with Crippen LogP contribution >= 0.6 is 17.0 Å². The van der Waals surface area contributed by atoms with Crippen molar-refractivity contribution >= 4 is 48.1 Å². The maximum absolute atomic E-state index is 13.4. The van der Waals surface area contributed by atoms with Gasteiger partial charge in [0.15, 0.2) is 0 Å². The molecule has 16 heteroatoms. The van der Waals surface area contributed by atoms with Gasteiger partial charge in [0.2, 0.25) is 0 Å². The minimum atomic E-state index is -4.88. The molecule has 2 radical (unpaired) electrons. The molecule has 0 saturated carbocycles. The quantitative estimate of drug-likeness (QED) is 0.0810. The normalized spacial score (nSPS) is 13.1. The number of benzene rings is 4. The van der Waals surface area contributed by atoms with E-state index < -0.39 is 67.8 Å². The number of halogens is 14. The Morgan fingerprint density at radius 2 is 0.742 bits per heavy atom. The Bertz CT molecular complexity index is 2270. The van der Waals surface area contributed by atoms with Crippen LogP contribution in [0.5, 0.6) is 0 Å². The molecule has 0 aliphatic heterocycles. The van der Waals surface area contributed by atoms with E-state index in [1.807, 2.05) is 91.8 Å². The Kier molecular flexibility index (Phi) is 20.4. The summed E-state index contributed by atoms with van der Waals surface area (Å²) in [6.45, 7) is 20.0. The standard InChI is InChI=1S/2C24H23F6.C2H6Si.2ClH.Zr/c2*1-5-14(4)16-8-15-6-7-20(13(2)3)22(21(15)11-16)17-9-18(23(25,26)27)12-19(10-17)24(28,29)30;1-3-2;;;/h2*6-14H,5H2,1-4H3;1-2H3;2*1H;/q2*-1;;;;+4/p-2. The van der Waals surface area contributed by atoms with Crippen LogP contribution in [0.25, 0.3) is 43.8 Å². The molecule has 0 aliphatic rings. The summed E-state index contributed by atoms with van der Waals surface area (Å²) in [6, 6.07) is 18.8. The van der Waals surface area contributed by atoms with E-state index in [1.165, 1.54) is 0 Å². The van der Waals surface area contributed by atoms with E-state index in [1.54, 1.807) is 12.1 Å². The Balaban J connectivity index is 0.000000313. The molecule has 0 aromatic heterocycles. The van der Waals surface area contributed by atoms with Crippen LogP contribution in [0, 0.1) is 0 Å². The topological polar surface area (TPSA) is 0 Å². The molecule has 0 nitrogen and oxygen atoms in total. The number of rotatable bonds is 8. The molecule has 2 unspecified atom stereocenters. The van der Waals surface area contributed by atoms with Crippen LogP contribution in [0.1, 0.15) is 136 Å². The van der Waals surface area contributed by atoms with Crippen molar-refractivity contribution in [3.63, 3.8) is 0 Å². The minimum absolute atomic E-state index is 0.0623. The van der Waals surface area contributed by atoms with Gasteiger partial charge in [0.1, 0.15) is 0 Å². The maximum atomic E-state index is 13.4. The zero-order valence-electron chi connectivity index (χ0n) is 38.1. The molecule has 0 aliphatic carbocycles. The Hall–Kier alpha value is -3.06. The summed E-state index contributed by atoms with van der Waals surface area (Å²) < 4.78 is 161. The van der Waals surface area contributed by atoms with Gasteiger partial charge >= 0.3 is 62.6 Å². The fourth-order valence-electron chi connectivity index (χ4n) is 7.49. The van der Waals surface area contributed by atoms with Gasteiger partial charge < -0.3 is 0 Å². The molecular formula is C50H52Cl2F12SiZr. The van der Waals surface area contributed by atoms with E-state index in [2.05, 4.69) is 13.1 Å². The van der Waals surface area contributed by atoms with Crippen LogP contribution in [-0.2, 0) is 45.6 Å². The Labute approximate surface area is 400 Å². The summed E-state index contributed by atoms with van der Waals surface area (Å²) in [7, 11) is 11.0. The number of hydrogen-bond donors (Lipinski definition) is 0.